The van der Waals surface area contributed by atoms with Gasteiger partial charge in [0.1, 0.15) is 0 Å². The maximum absolute atomic E-state index is 11.9. The normalized spacial score (nSPS) is 13.8. The molecule has 0 fully saturated rings. The first-order valence-corrected chi connectivity index (χ1v) is 7.60. The lowest BCUT2D eigenvalue weighted by atomic mass is 10.1. The second kappa shape index (κ2) is 6.52. The Kier molecular flexibility index (Phi) is 5.59. The quantitative estimate of drug-likeness (QED) is 0.843. The molecule has 6 heteroatoms. The predicted octanol–water partition coefficient (Wildman–Crippen LogP) is 2.03. The number of nitrogens with one attached hydrogen (secondary N) is 1. The third-order valence-electron chi connectivity index (χ3n) is 2.38. The second-order valence-electron chi connectivity index (χ2n) is 4.59. The van der Waals surface area contributed by atoms with Crippen LogP contribution in [0.4, 0.5) is 0 Å². The summed E-state index contributed by atoms with van der Waals surface area (Å²) in [7, 11) is -3.58. The van der Waals surface area contributed by atoms with Gasteiger partial charge in [-0.1, -0.05) is 25.4 Å². The molecule has 18 heavy (non-hydrogen) atoms. The Morgan fingerprint density at radius 3 is 2.33 bits per heavy atom. The minimum atomic E-state index is -3.58. The minimum absolute atomic E-state index is 0.0170. The SMILES string of the molecule is CC(C)CC(O)CNS(=O)(=O)c1ccc(Cl)cc1. The van der Waals surface area contributed by atoms with E-state index in [0.29, 0.717) is 17.4 Å². The van der Waals surface area contributed by atoms with E-state index in [1.807, 2.05) is 13.8 Å². The first-order chi connectivity index (χ1) is 8.31. The summed E-state index contributed by atoms with van der Waals surface area (Å²) in [5, 5.41) is 10.1. The van der Waals surface area contributed by atoms with Gasteiger partial charge in [0.15, 0.2) is 0 Å². The monoisotopic (exact) mass is 291 g/mol. The summed E-state index contributed by atoms with van der Waals surface area (Å²) in [6.07, 6.45) is -0.115. The molecule has 0 aliphatic rings. The number of hydrogen-bond acceptors (Lipinski definition) is 3. The van der Waals surface area contributed by atoms with E-state index in [2.05, 4.69) is 4.72 Å². The van der Waals surface area contributed by atoms with Crippen molar-refractivity contribution in [2.24, 2.45) is 5.92 Å². The molecule has 0 saturated carbocycles. The molecule has 1 atom stereocenters. The van der Waals surface area contributed by atoms with Gasteiger partial charge in [-0.3, -0.25) is 0 Å². The van der Waals surface area contributed by atoms with Crippen molar-refractivity contribution in [3.63, 3.8) is 0 Å². The standard InChI is InChI=1S/C12H18ClNO3S/c1-9(2)7-11(15)8-14-18(16,17)12-5-3-10(13)4-6-12/h3-6,9,11,14-15H,7-8H2,1-2H3. The summed E-state index contributed by atoms with van der Waals surface area (Å²) in [6, 6.07) is 5.89. The van der Waals surface area contributed by atoms with E-state index >= 15 is 0 Å². The highest BCUT2D eigenvalue weighted by molar-refractivity contribution is 7.89. The third kappa shape index (κ3) is 4.94. The molecule has 1 aromatic rings. The molecule has 0 spiro atoms. The van der Waals surface area contributed by atoms with Crippen LogP contribution in [-0.4, -0.2) is 26.2 Å². The molecule has 0 aliphatic carbocycles. The number of benzene rings is 1. The maximum Gasteiger partial charge on any atom is 0.240 e. The largest absolute Gasteiger partial charge is 0.392 e. The Bertz CT molecular complexity index is 471. The van der Waals surface area contributed by atoms with Gasteiger partial charge < -0.3 is 5.11 Å². The lowest BCUT2D eigenvalue weighted by molar-refractivity contribution is 0.152. The maximum atomic E-state index is 11.9. The van der Waals surface area contributed by atoms with Crippen molar-refractivity contribution in [2.45, 2.75) is 31.3 Å². The molecule has 0 amide bonds. The van der Waals surface area contributed by atoms with E-state index in [9.17, 15) is 13.5 Å². The van der Waals surface area contributed by atoms with Gasteiger partial charge in [0.05, 0.1) is 11.0 Å². The van der Waals surface area contributed by atoms with Gasteiger partial charge in [-0.2, -0.15) is 0 Å². The van der Waals surface area contributed by atoms with Gasteiger partial charge in [0.2, 0.25) is 10.0 Å². The van der Waals surface area contributed by atoms with Gasteiger partial charge in [-0.15, -0.1) is 0 Å². The van der Waals surface area contributed by atoms with Crippen LogP contribution >= 0.6 is 11.6 Å². The number of aliphatic hydroxyl groups is 1. The third-order valence-corrected chi connectivity index (χ3v) is 4.07. The topological polar surface area (TPSA) is 66.4 Å². The lowest BCUT2D eigenvalue weighted by Gasteiger charge is -2.14. The fourth-order valence-corrected chi connectivity index (χ4v) is 2.73. The molecule has 0 heterocycles. The first-order valence-electron chi connectivity index (χ1n) is 5.74. The van der Waals surface area contributed by atoms with Gasteiger partial charge in [0.25, 0.3) is 0 Å². The van der Waals surface area contributed by atoms with Crippen LogP contribution < -0.4 is 4.72 Å². The molecule has 1 unspecified atom stereocenters. The average Bonchev–Trinajstić information content (AvgIpc) is 2.26. The fraction of sp³-hybridized carbons (Fsp3) is 0.500. The molecule has 0 bridgehead atoms. The van der Waals surface area contributed by atoms with Gasteiger partial charge in [-0.05, 0) is 36.6 Å². The zero-order valence-electron chi connectivity index (χ0n) is 10.4. The van der Waals surface area contributed by atoms with Crippen molar-refractivity contribution >= 4 is 21.6 Å². The number of hydrogen-bond donors (Lipinski definition) is 2. The number of sulfonamides is 1. The molecular formula is C12H18ClNO3S. The molecule has 1 rings (SSSR count). The Balaban J connectivity index is 2.63. The lowest BCUT2D eigenvalue weighted by Crippen LogP contribution is -2.32. The minimum Gasteiger partial charge on any atom is -0.392 e. The van der Waals surface area contributed by atoms with Crippen LogP contribution in [0, 0.1) is 5.92 Å². The predicted molar refractivity (Wildman–Crippen MR) is 72.1 cm³/mol. The number of aliphatic hydroxyl groups excluding tert-OH is 1. The van der Waals surface area contributed by atoms with E-state index in [1.165, 1.54) is 24.3 Å². The molecule has 0 radical (unpaired) electrons. The Morgan fingerprint density at radius 1 is 1.28 bits per heavy atom. The second-order valence-corrected chi connectivity index (χ2v) is 6.79. The van der Waals surface area contributed by atoms with Crippen molar-refractivity contribution in [2.75, 3.05) is 6.54 Å². The molecule has 2 N–H and O–H groups in total. The summed E-state index contributed by atoms with van der Waals surface area (Å²) in [6.45, 7) is 3.96. The van der Waals surface area contributed by atoms with Crippen LogP contribution in [0.3, 0.4) is 0 Å². The Morgan fingerprint density at radius 2 is 1.83 bits per heavy atom. The van der Waals surface area contributed by atoms with Gasteiger partial charge >= 0.3 is 0 Å². The molecule has 0 aromatic heterocycles. The van der Waals surface area contributed by atoms with Crippen molar-refractivity contribution < 1.29 is 13.5 Å². The zero-order chi connectivity index (χ0) is 13.8. The van der Waals surface area contributed by atoms with Crippen molar-refractivity contribution in [1.82, 2.24) is 4.72 Å². The van der Waals surface area contributed by atoms with Crippen molar-refractivity contribution in [3.8, 4) is 0 Å². The summed E-state index contributed by atoms with van der Waals surface area (Å²) < 4.78 is 26.1. The van der Waals surface area contributed by atoms with E-state index < -0.39 is 16.1 Å². The highest BCUT2D eigenvalue weighted by atomic mass is 35.5. The van der Waals surface area contributed by atoms with Crippen LogP contribution in [0.25, 0.3) is 0 Å². The molecular weight excluding hydrogens is 274 g/mol. The van der Waals surface area contributed by atoms with E-state index in [-0.39, 0.29) is 11.4 Å². The highest BCUT2D eigenvalue weighted by Crippen LogP contribution is 2.14. The summed E-state index contributed by atoms with van der Waals surface area (Å²) in [5.41, 5.74) is 0. The molecule has 102 valence electrons. The highest BCUT2D eigenvalue weighted by Gasteiger charge is 2.16. The first kappa shape index (κ1) is 15.4. The van der Waals surface area contributed by atoms with Crippen molar-refractivity contribution in [1.29, 1.82) is 0 Å². The van der Waals surface area contributed by atoms with Crippen LogP contribution in [-0.2, 0) is 10.0 Å². The molecule has 0 saturated heterocycles. The van der Waals surface area contributed by atoms with Crippen LogP contribution in [0.1, 0.15) is 20.3 Å². The van der Waals surface area contributed by atoms with E-state index in [0.717, 1.165) is 0 Å². The Labute approximate surface area is 113 Å². The van der Waals surface area contributed by atoms with Crippen molar-refractivity contribution in [3.05, 3.63) is 29.3 Å². The average molecular weight is 292 g/mol. The smallest absolute Gasteiger partial charge is 0.240 e. The zero-order valence-corrected chi connectivity index (χ0v) is 12.0. The van der Waals surface area contributed by atoms with Crippen LogP contribution in [0.5, 0.6) is 0 Å². The Hall–Kier alpha value is -0.620. The van der Waals surface area contributed by atoms with E-state index in [1.54, 1.807) is 0 Å². The summed E-state index contributed by atoms with van der Waals surface area (Å²) >= 11 is 5.69. The van der Waals surface area contributed by atoms with E-state index in [4.69, 9.17) is 11.6 Å². The fourth-order valence-electron chi connectivity index (χ4n) is 1.53. The molecule has 0 aliphatic heterocycles. The van der Waals surface area contributed by atoms with Crippen LogP contribution in [0.15, 0.2) is 29.2 Å². The van der Waals surface area contributed by atoms with Gasteiger partial charge in [-0.25, -0.2) is 13.1 Å². The summed E-state index contributed by atoms with van der Waals surface area (Å²) in [5.74, 6) is 0.319. The molecule has 1 aromatic carbocycles. The number of rotatable bonds is 6. The van der Waals surface area contributed by atoms with Gasteiger partial charge in [0, 0.05) is 11.6 Å². The van der Waals surface area contributed by atoms with Crippen LogP contribution in [0.2, 0.25) is 5.02 Å². The summed E-state index contributed by atoms with van der Waals surface area (Å²) in [4.78, 5) is 0.142. The number of halogens is 1. The molecule has 4 nitrogen and oxygen atoms in total.